The van der Waals surface area contributed by atoms with Gasteiger partial charge in [-0.25, -0.2) is 8.78 Å². The monoisotopic (exact) mass is 254 g/mol. The number of nitrogen functional groups attached to an aromatic ring is 1. The minimum absolute atomic E-state index is 0.151. The van der Waals surface area contributed by atoms with Crippen LogP contribution in [-0.2, 0) is 0 Å². The standard InChI is InChI=1S/C11H12F2N4O/c1-6(2)17-5-7(4-15-17)18-11-9(13)3-8(12)10(14)16-11/h3-6H,1-2H3,(H2,14,16). The SMILES string of the molecule is CC(C)n1cc(Oc2nc(N)c(F)cc2F)cn1. The normalized spacial score (nSPS) is 10.9. The van der Waals surface area contributed by atoms with Gasteiger partial charge in [0, 0.05) is 12.1 Å². The zero-order valence-electron chi connectivity index (χ0n) is 9.89. The molecule has 0 aliphatic heterocycles. The van der Waals surface area contributed by atoms with Crippen molar-refractivity contribution in [3.05, 3.63) is 30.1 Å². The molecule has 0 radical (unpaired) electrons. The molecule has 18 heavy (non-hydrogen) atoms. The Morgan fingerprint density at radius 2 is 2.06 bits per heavy atom. The van der Waals surface area contributed by atoms with Crippen LogP contribution >= 0.6 is 0 Å². The summed E-state index contributed by atoms with van der Waals surface area (Å²) in [6, 6.07) is 0.781. The Hall–Kier alpha value is -2.18. The molecule has 0 aromatic carbocycles. The molecule has 0 unspecified atom stereocenters. The first kappa shape index (κ1) is 12.3. The highest BCUT2D eigenvalue weighted by molar-refractivity contribution is 5.36. The molecule has 0 aliphatic carbocycles. The lowest BCUT2D eigenvalue weighted by atomic mass is 10.4. The molecule has 0 bridgehead atoms. The van der Waals surface area contributed by atoms with E-state index in [2.05, 4.69) is 10.1 Å². The van der Waals surface area contributed by atoms with Gasteiger partial charge >= 0.3 is 0 Å². The zero-order chi connectivity index (χ0) is 13.3. The van der Waals surface area contributed by atoms with Gasteiger partial charge in [-0.3, -0.25) is 4.68 Å². The van der Waals surface area contributed by atoms with Crippen LogP contribution in [0.15, 0.2) is 18.5 Å². The van der Waals surface area contributed by atoms with E-state index < -0.39 is 17.5 Å². The van der Waals surface area contributed by atoms with Crippen LogP contribution in [0, 0.1) is 11.6 Å². The predicted molar refractivity (Wildman–Crippen MR) is 61.3 cm³/mol. The van der Waals surface area contributed by atoms with Gasteiger partial charge in [-0.2, -0.15) is 10.1 Å². The maximum absolute atomic E-state index is 13.4. The third kappa shape index (κ3) is 2.39. The Bertz CT molecular complexity index is 568. The number of hydrogen-bond donors (Lipinski definition) is 1. The summed E-state index contributed by atoms with van der Waals surface area (Å²) in [6.07, 6.45) is 3.01. The van der Waals surface area contributed by atoms with Crippen LogP contribution in [0.3, 0.4) is 0 Å². The summed E-state index contributed by atoms with van der Waals surface area (Å²) in [6.45, 7) is 3.87. The molecule has 0 saturated heterocycles. The van der Waals surface area contributed by atoms with Gasteiger partial charge in [0.05, 0.1) is 12.4 Å². The summed E-state index contributed by atoms with van der Waals surface area (Å²) in [7, 11) is 0. The summed E-state index contributed by atoms with van der Waals surface area (Å²) in [5, 5.41) is 4.02. The number of aromatic nitrogens is 3. The fourth-order valence-electron chi connectivity index (χ4n) is 1.30. The van der Waals surface area contributed by atoms with Crippen molar-refractivity contribution >= 4 is 5.82 Å². The maximum atomic E-state index is 13.4. The number of pyridine rings is 1. The molecule has 2 aromatic heterocycles. The van der Waals surface area contributed by atoms with Crippen molar-refractivity contribution in [2.24, 2.45) is 0 Å². The van der Waals surface area contributed by atoms with E-state index in [9.17, 15) is 8.78 Å². The third-order valence-electron chi connectivity index (χ3n) is 2.25. The molecule has 5 nitrogen and oxygen atoms in total. The summed E-state index contributed by atoms with van der Waals surface area (Å²) < 4.78 is 33.1. The van der Waals surface area contributed by atoms with Gasteiger partial charge in [-0.15, -0.1) is 0 Å². The highest BCUT2D eigenvalue weighted by Gasteiger charge is 2.13. The number of anilines is 1. The summed E-state index contributed by atoms with van der Waals surface area (Å²) in [5.41, 5.74) is 5.24. The lowest BCUT2D eigenvalue weighted by Crippen LogP contribution is -2.01. The van der Waals surface area contributed by atoms with Crippen LogP contribution in [-0.4, -0.2) is 14.8 Å². The molecule has 0 amide bonds. The predicted octanol–water partition coefficient (Wildman–Crippen LogP) is 2.51. The summed E-state index contributed by atoms with van der Waals surface area (Å²) >= 11 is 0. The van der Waals surface area contributed by atoms with Gasteiger partial charge in [0.25, 0.3) is 5.88 Å². The van der Waals surface area contributed by atoms with Crippen LogP contribution in [0.2, 0.25) is 0 Å². The first-order chi connectivity index (χ1) is 8.47. The highest BCUT2D eigenvalue weighted by Crippen LogP contribution is 2.24. The lowest BCUT2D eigenvalue weighted by molar-refractivity contribution is 0.416. The van der Waals surface area contributed by atoms with Gasteiger partial charge in [0.1, 0.15) is 0 Å². The lowest BCUT2D eigenvalue weighted by Gasteiger charge is -2.05. The fourth-order valence-corrected chi connectivity index (χ4v) is 1.30. The van der Waals surface area contributed by atoms with Crippen molar-refractivity contribution < 1.29 is 13.5 Å². The zero-order valence-corrected chi connectivity index (χ0v) is 9.89. The Kier molecular flexibility index (Phi) is 3.14. The summed E-state index contributed by atoms with van der Waals surface area (Å²) in [5.74, 6) is -2.32. The molecular weight excluding hydrogens is 242 g/mol. The molecule has 2 aromatic rings. The smallest absolute Gasteiger partial charge is 0.258 e. The molecular formula is C11H12F2N4O. The van der Waals surface area contributed by atoms with Crippen molar-refractivity contribution in [2.75, 3.05) is 5.73 Å². The van der Waals surface area contributed by atoms with Gasteiger partial charge in [0.15, 0.2) is 23.2 Å². The minimum atomic E-state index is -0.919. The Balaban J connectivity index is 2.25. The number of nitrogens with two attached hydrogens (primary N) is 1. The number of ether oxygens (including phenoxy) is 1. The molecule has 0 saturated carbocycles. The van der Waals surface area contributed by atoms with Crippen molar-refractivity contribution in [1.82, 2.24) is 14.8 Å². The molecule has 96 valence electrons. The van der Waals surface area contributed by atoms with Crippen LogP contribution in [0.5, 0.6) is 11.6 Å². The van der Waals surface area contributed by atoms with Crippen LogP contribution in [0.1, 0.15) is 19.9 Å². The first-order valence-electron chi connectivity index (χ1n) is 5.31. The van der Waals surface area contributed by atoms with Gasteiger partial charge in [0.2, 0.25) is 0 Å². The summed E-state index contributed by atoms with van der Waals surface area (Å²) in [4.78, 5) is 3.49. The van der Waals surface area contributed by atoms with E-state index in [1.54, 1.807) is 10.9 Å². The van der Waals surface area contributed by atoms with Crippen LogP contribution in [0.25, 0.3) is 0 Å². The number of nitrogens with zero attached hydrogens (tertiary/aromatic N) is 3. The first-order valence-corrected chi connectivity index (χ1v) is 5.31. The number of rotatable bonds is 3. The van der Waals surface area contributed by atoms with E-state index in [1.165, 1.54) is 6.20 Å². The van der Waals surface area contributed by atoms with Gasteiger partial charge < -0.3 is 10.5 Å². The van der Waals surface area contributed by atoms with E-state index in [0.717, 1.165) is 0 Å². The average Bonchev–Trinajstić information content (AvgIpc) is 2.74. The number of halogens is 2. The van der Waals surface area contributed by atoms with Crippen LogP contribution in [0.4, 0.5) is 14.6 Å². The molecule has 0 atom stereocenters. The topological polar surface area (TPSA) is 66.0 Å². The van der Waals surface area contributed by atoms with Crippen LogP contribution < -0.4 is 10.5 Å². The van der Waals surface area contributed by atoms with Crippen molar-refractivity contribution in [1.29, 1.82) is 0 Å². The minimum Gasteiger partial charge on any atom is -0.433 e. The van der Waals surface area contributed by atoms with Gasteiger partial charge in [-0.05, 0) is 13.8 Å². The average molecular weight is 254 g/mol. The molecule has 2 rings (SSSR count). The van der Waals surface area contributed by atoms with E-state index in [-0.39, 0.29) is 11.9 Å². The largest absolute Gasteiger partial charge is 0.433 e. The fraction of sp³-hybridized carbons (Fsp3) is 0.273. The van der Waals surface area contributed by atoms with Crippen molar-refractivity contribution in [3.8, 4) is 11.6 Å². The third-order valence-corrected chi connectivity index (χ3v) is 2.25. The second kappa shape index (κ2) is 4.59. The van der Waals surface area contributed by atoms with E-state index in [0.29, 0.717) is 11.8 Å². The Morgan fingerprint density at radius 1 is 1.33 bits per heavy atom. The number of hydrogen-bond acceptors (Lipinski definition) is 4. The highest BCUT2D eigenvalue weighted by atomic mass is 19.1. The molecule has 0 spiro atoms. The molecule has 7 heteroatoms. The van der Waals surface area contributed by atoms with E-state index >= 15 is 0 Å². The van der Waals surface area contributed by atoms with Gasteiger partial charge in [-0.1, -0.05) is 0 Å². The quantitative estimate of drug-likeness (QED) is 0.913. The molecule has 0 fully saturated rings. The Morgan fingerprint density at radius 3 is 2.67 bits per heavy atom. The molecule has 2 N–H and O–H groups in total. The molecule has 0 aliphatic rings. The van der Waals surface area contributed by atoms with E-state index in [4.69, 9.17) is 10.5 Å². The molecule has 2 heterocycles. The van der Waals surface area contributed by atoms with Crippen molar-refractivity contribution in [3.63, 3.8) is 0 Å². The Labute approximate surface area is 102 Å². The second-order valence-electron chi connectivity index (χ2n) is 3.99. The van der Waals surface area contributed by atoms with Crippen molar-refractivity contribution in [2.45, 2.75) is 19.9 Å². The second-order valence-corrected chi connectivity index (χ2v) is 3.99. The van der Waals surface area contributed by atoms with E-state index in [1.807, 2.05) is 13.8 Å². The maximum Gasteiger partial charge on any atom is 0.258 e.